The fourth-order valence-electron chi connectivity index (χ4n) is 0.927. The largest absolute Gasteiger partial charge is 0.304 e. The molecule has 3 nitrogen and oxygen atoms in total. The van der Waals surface area contributed by atoms with E-state index in [-0.39, 0.29) is 0 Å². The molecule has 0 aromatic heterocycles. The van der Waals surface area contributed by atoms with E-state index in [1.165, 1.54) is 12.8 Å². The van der Waals surface area contributed by atoms with Crippen molar-refractivity contribution in [3.05, 3.63) is 0 Å². The summed E-state index contributed by atoms with van der Waals surface area (Å²) in [7, 11) is 1.64. The molecule has 1 heterocycles. The second-order valence-corrected chi connectivity index (χ2v) is 1.97. The van der Waals surface area contributed by atoms with Crippen molar-refractivity contribution in [3.8, 4) is 0 Å². The topological polar surface area (TPSA) is 33.3 Å². The Bertz CT molecular complexity index is 61.4. The van der Waals surface area contributed by atoms with Gasteiger partial charge in [0, 0.05) is 0 Å². The van der Waals surface area contributed by atoms with Crippen molar-refractivity contribution in [3.63, 3.8) is 0 Å². The van der Waals surface area contributed by atoms with Crippen LogP contribution < -0.4 is 10.8 Å². The minimum atomic E-state index is 0.389. The van der Waals surface area contributed by atoms with E-state index in [4.69, 9.17) is 4.84 Å². The van der Waals surface area contributed by atoms with Gasteiger partial charge in [-0.2, -0.15) is 5.48 Å². The molecule has 48 valence electrons. The smallest absolute Gasteiger partial charge is 0.0812 e. The molecule has 1 saturated heterocycles. The fraction of sp³-hybridized carbons (Fsp3) is 1.00. The Morgan fingerprint density at radius 2 is 2.62 bits per heavy atom. The molecule has 1 rings (SSSR count). The second kappa shape index (κ2) is 3.02. The zero-order valence-corrected chi connectivity index (χ0v) is 5.11. The Labute approximate surface area is 49.4 Å². The van der Waals surface area contributed by atoms with E-state index in [1.807, 2.05) is 0 Å². The first-order valence-corrected chi connectivity index (χ1v) is 2.95. The molecule has 2 N–H and O–H groups in total. The molecule has 0 aliphatic carbocycles. The number of hydroxylamine groups is 1. The molecular formula is C5H12N2O. The molecule has 3 heteroatoms. The molecule has 0 saturated carbocycles. The van der Waals surface area contributed by atoms with Crippen molar-refractivity contribution in [2.45, 2.75) is 19.0 Å². The van der Waals surface area contributed by atoms with Gasteiger partial charge in [-0.3, -0.25) is 0 Å². The van der Waals surface area contributed by atoms with Crippen LogP contribution in [0.4, 0.5) is 0 Å². The van der Waals surface area contributed by atoms with Gasteiger partial charge in [-0.1, -0.05) is 0 Å². The second-order valence-electron chi connectivity index (χ2n) is 1.97. The number of nitrogens with one attached hydrogen (secondary N) is 2. The minimum Gasteiger partial charge on any atom is -0.304 e. The molecule has 0 bridgehead atoms. The number of hydrogen-bond donors (Lipinski definition) is 2. The van der Waals surface area contributed by atoms with E-state index in [0.29, 0.717) is 6.17 Å². The molecule has 0 aromatic rings. The van der Waals surface area contributed by atoms with E-state index in [0.717, 1.165) is 6.54 Å². The SMILES string of the molecule is CON[C@H]1CCCN1. The summed E-state index contributed by atoms with van der Waals surface area (Å²) in [6.07, 6.45) is 2.81. The maximum atomic E-state index is 4.71. The Morgan fingerprint density at radius 3 is 3.12 bits per heavy atom. The first-order chi connectivity index (χ1) is 3.93. The van der Waals surface area contributed by atoms with Crippen LogP contribution in [0, 0.1) is 0 Å². The summed E-state index contributed by atoms with van der Waals surface area (Å²) in [4.78, 5) is 4.71. The molecular weight excluding hydrogens is 104 g/mol. The molecule has 1 aliphatic heterocycles. The third kappa shape index (κ3) is 1.43. The highest BCUT2D eigenvalue weighted by Crippen LogP contribution is 2.00. The first kappa shape index (κ1) is 6.01. The van der Waals surface area contributed by atoms with Crippen LogP contribution in [0.15, 0.2) is 0 Å². The van der Waals surface area contributed by atoms with Gasteiger partial charge in [0.05, 0.1) is 13.3 Å². The zero-order valence-electron chi connectivity index (χ0n) is 5.11. The summed E-state index contributed by atoms with van der Waals surface area (Å²) in [6, 6.07) is 0. The van der Waals surface area contributed by atoms with E-state index >= 15 is 0 Å². The maximum absolute atomic E-state index is 4.71. The predicted molar refractivity (Wildman–Crippen MR) is 31.2 cm³/mol. The van der Waals surface area contributed by atoms with Gasteiger partial charge in [-0.15, -0.1) is 0 Å². The first-order valence-electron chi connectivity index (χ1n) is 2.95. The van der Waals surface area contributed by atoms with Crippen LogP contribution in [0.2, 0.25) is 0 Å². The van der Waals surface area contributed by atoms with Crippen LogP contribution in [0.1, 0.15) is 12.8 Å². The molecule has 8 heavy (non-hydrogen) atoms. The average molecular weight is 116 g/mol. The van der Waals surface area contributed by atoms with Gasteiger partial charge in [0.1, 0.15) is 0 Å². The molecule has 0 aromatic carbocycles. The summed E-state index contributed by atoms with van der Waals surface area (Å²) < 4.78 is 0. The minimum absolute atomic E-state index is 0.389. The Morgan fingerprint density at radius 1 is 1.75 bits per heavy atom. The molecule has 0 spiro atoms. The van der Waals surface area contributed by atoms with Crippen molar-refractivity contribution in [1.82, 2.24) is 10.8 Å². The van der Waals surface area contributed by atoms with E-state index in [9.17, 15) is 0 Å². The van der Waals surface area contributed by atoms with Crippen molar-refractivity contribution in [2.24, 2.45) is 0 Å². The standard InChI is InChI=1S/C5H12N2O/c1-8-7-5-3-2-4-6-5/h5-7H,2-4H2,1H3/t5-/m0/s1. The molecule has 1 fully saturated rings. The lowest BCUT2D eigenvalue weighted by Gasteiger charge is -2.08. The Hall–Kier alpha value is -0.120. The van der Waals surface area contributed by atoms with Crippen LogP contribution in [0.25, 0.3) is 0 Å². The summed E-state index contributed by atoms with van der Waals surface area (Å²) in [5.74, 6) is 0. The quantitative estimate of drug-likeness (QED) is 0.492. The summed E-state index contributed by atoms with van der Waals surface area (Å²) >= 11 is 0. The molecule has 1 atom stereocenters. The highest BCUT2D eigenvalue weighted by atomic mass is 16.6. The average Bonchev–Trinajstić information content (AvgIpc) is 2.19. The number of rotatable bonds is 2. The molecule has 0 unspecified atom stereocenters. The van der Waals surface area contributed by atoms with E-state index < -0.39 is 0 Å². The highest BCUT2D eigenvalue weighted by molar-refractivity contribution is 4.67. The molecule has 0 amide bonds. The summed E-state index contributed by atoms with van der Waals surface area (Å²) in [5, 5.41) is 3.22. The van der Waals surface area contributed by atoms with Crippen molar-refractivity contribution >= 4 is 0 Å². The van der Waals surface area contributed by atoms with Gasteiger partial charge < -0.3 is 10.2 Å². The lowest BCUT2D eigenvalue weighted by atomic mass is 10.3. The third-order valence-electron chi connectivity index (χ3n) is 1.32. The Kier molecular flexibility index (Phi) is 2.27. The lowest BCUT2D eigenvalue weighted by Crippen LogP contribution is -2.36. The zero-order chi connectivity index (χ0) is 5.82. The summed E-state index contributed by atoms with van der Waals surface area (Å²) in [5.41, 5.74) is 2.83. The lowest BCUT2D eigenvalue weighted by molar-refractivity contribution is 0.0563. The van der Waals surface area contributed by atoms with E-state index in [1.54, 1.807) is 7.11 Å². The molecule has 1 aliphatic rings. The molecule has 0 radical (unpaired) electrons. The van der Waals surface area contributed by atoms with Crippen molar-refractivity contribution in [1.29, 1.82) is 0 Å². The predicted octanol–water partition coefficient (Wildman–Crippen LogP) is -0.153. The van der Waals surface area contributed by atoms with Crippen LogP contribution in [0.5, 0.6) is 0 Å². The van der Waals surface area contributed by atoms with Crippen molar-refractivity contribution < 1.29 is 4.84 Å². The summed E-state index contributed by atoms with van der Waals surface area (Å²) in [6.45, 7) is 1.11. The monoisotopic (exact) mass is 116 g/mol. The van der Waals surface area contributed by atoms with Gasteiger partial charge in [-0.25, -0.2) is 0 Å². The highest BCUT2D eigenvalue weighted by Gasteiger charge is 2.11. The van der Waals surface area contributed by atoms with Crippen molar-refractivity contribution in [2.75, 3.05) is 13.7 Å². The fourth-order valence-corrected chi connectivity index (χ4v) is 0.927. The van der Waals surface area contributed by atoms with Crippen LogP contribution in [-0.2, 0) is 4.84 Å². The van der Waals surface area contributed by atoms with Crippen LogP contribution in [0.3, 0.4) is 0 Å². The van der Waals surface area contributed by atoms with Gasteiger partial charge in [-0.05, 0) is 19.4 Å². The van der Waals surface area contributed by atoms with E-state index in [2.05, 4.69) is 10.8 Å². The Balaban J connectivity index is 2.06. The van der Waals surface area contributed by atoms with Crippen LogP contribution in [-0.4, -0.2) is 19.8 Å². The van der Waals surface area contributed by atoms with Gasteiger partial charge in [0.15, 0.2) is 0 Å². The number of hydrogen-bond acceptors (Lipinski definition) is 3. The van der Waals surface area contributed by atoms with Gasteiger partial charge in [0.25, 0.3) is 0 Å². The van der Waals surface area contributed by atoms with Crippen LogP contribution >= 0.6 is 0 Å². The van der Waals surface area contributed by atoms with Gasteiger partial charge >= 0.3 is 0 Å². The van der Waals surface area contributed by atoms with Gasteiger partial charge in [0.2, 0.25) is 0 Å². The normalized spacial score (nSPS) is 28.9. The third-order valence-corrected chi connectivity index (χ3v) is 1.32. The maximum Gasteiger partial charge on any atom is 0.0812 e.